The lowest BCUT2D eigenvalue weighted by atomic mass is 9.96. The third-order valence-electron chi connectivity index (χ3n) is 11.5. The monoisotopic (exact) mass is 952 g/mol. The zero-order valence-corrected chi connectivity index (χ0v) is 40.8. The van der Waals surface area contributed by atoms with E-state index in [1.165, 1.54) is 25.8 Å². The van der Waals surface area contributed by atoms with Crippen molar-refractivity contribution >= 4 is 65.0 Å². The molecule has 13 N–H and O–H groups in total. The fourth-order valence-electron chi connectivity index (χ4n) is 6.94. The smallest absolute Gasteiger partial charge is 0.245 e. The minimum atomic E-state index is -1.61. The van der Waals surface area contributed by atoms with E-state index in [0.717, 1.165) is 4.90 Å². The zero-order valence-electron chi connectivity index (χ0n) is 40.8. The first-order chi connectivity index (χ1) is 31.4. The Labute approximate surface area is 393 Å². The molecule has 0 radical (unpaired) electrons. The van der Waals surface area contributed by atoms with Crippen molar-refractivity contribution in [3.8, 4) is 0 Å². The number of rotatable bonds is 28. The highest BCUT2D eigenvalue weighted by Crippen LogP contribution is 2.20. The van der Waals surface area contributed by atoms with Crippen LogP contribution in [0.1, 0.15) is 101 Å². The van der Waals surface area contributed by atoms with Crippen LogP contribution in [0.4, 0.5) is 0 Å². The van der Waals surface area contributed by atoms with Gasteiger partial charge in [-0.25, -0.2) is 0 Å². The van der Waals surface area contributed by atoms with E-state index in [2.05, 4.69) is 47.5 Å². The summed E-state index contributed by atoms with van der Waals surface area (Å²) in [7, 11) is 1.42. The number of carbonyl (C=O) groups excluding carboxylic acids is 10. The van der Waals surface area contributed by atoms with E-state index in [0.29, 0.717) is 45.2 Å². The number of aliphatic imine (C=N–C) groups is 1. The fraction of sp³-hybridized carbons (Fsp3) is 0.744. The lowest BCUT2D eigenvalue weighted by Crippen LogP contribution is -2.61. The molecule has 24 heteroatoms. The Morgan fingerprint density at radius 3 is 1.75 bits per heavy atom. The van der Waals surface area contributed by atoms with Gasteiger partial charge in [0.1, 0.15) is 36.3 Å². The first-order valence-corrected chi connectivity index (χ1v) is 23.0. The summed E-state index contributed by atoms with van der Waals surface area (Å²) in [6, 6.07) is -7.00. The maximum Gasteiger partial charge on any atom is 0.245 e. The van der Waals surface area contributed by atoms with Gasteiger partial charge in [-0.3, -0.25) is 52.9 Å². The van der Waals surface area contributed by atoms with Gasteiger partial charge in [-0.2, -0.15) is 0 Å². The minimum Gasteiger partial charge on any atom is -0.391 e. The molecule has 1 rings (SSSR count). The molecule has 10 amide bonds. The third kappa shape index (κ3) is 20.1. The number of guanidine groups is 1. The summed E-state index contributed by atoms with van der Waals surface area (Å²) >= 11 is 0. The average Bonchev–Trinajstić information content (AvgIpc) is 3.77. The highest BCUT2D eigenvalue weighted by Gasteiger charge is 2.39. The molecular formula is C43H77N13O11. The molecule has 0 aromatic rings. The second-order valence-corrected chi connectivity index (χ2v) is 17.3. The Morgan fingerprint density at radius 2 is 1.22 bits per heavy atom. The molecule has 380 valence electrons. The molecule has 0 aromatic carbocycles. The molecule has 24 nitrogen and oxygen atoms in total. The first-order valence-electron chi connectivity index (χ1n) is 23.0. The van der Waals surface area contributed by atoms with Gasteiger partial charge >= 0.3 is 0 Å². The number of likely N-dealkylation sites (N-methyl/N-ethyl adjacent to an activating group) is 2. The zero-order chi connectivity index (χ0) is 51.1. The van der Waals surface area contributed by atoms with E-state index < -0.39 is 120 Å². The first kappa shape index (κ1) is 58.9. The van der Waals surface area contributed by atoms with Crippen LogP contribution in [0.25, 0.3) is 0 Å². The van der Waals surface area contributed by atoms with Crippen LogP contribution in [0, 0.1) is 17.8 Å². The van der Waals surface area contributed by atoms with Gasteiger partial charge in [0, 0.05) is 33.6 Å². The number of hydrogen-bond donors (Lipinski definition) is 11. The molecule has 0 bridgehead atoms. The van der Waals surface area contributed by atoms with Crippen LogP contribution in [-0.4, -0.2) is 169 Å². The summed E-state index contributed by atoms with van der Waals surface area (Å²) in [6.07, 6.45) is 0.772. The van der Waals surface area contributed by atoms with Crippen LogP contribution in [0.5, 0.6) is 0 Å². The van der Waals surface area contributed by atoms with Gasteiger partial charge in [-0.1, -0.05) is 54.4 Å². The van der Waals surface area contributed by atoms with E-state index in [9.17, 15) is 53.1 Å². The number of carbonyl (C=O) groups is 10. The van der Waals surface area contributed by atoms with Crippen molar-refractivity contribution in [3.05, 3.63) is 0 Å². The fourth-order valence-corrected chi connectivity index (χ4v) is 6.94. The van der Waals surface area contributed by atoms with Crippen LogP contribution in [-0.2, 0) is 47.9 Å². The molecule has 0 aliphatic carbocycles. The summed E-state index contributed by atoms with van der Waals surface area (Å²) in [5, 5.41) is 31.1. The normalized spacial score (nSPS) is 16.8. The highest BCUT2D eigenvalue weighted by molar-refractivity contribution is 5.97. The van der Waals surface area contributed by atoms with Gasteiger partial charge in [0.05, 0.1) is 25.7 Å². The van der Waals surface area contributed by atoms with E-state index in [4.69, 9.17) is 11.5 Å². The van der Waals surface area contributed by atoms with Gasteiger partial charge in [0.25, 0.3) is 0 Å². The predicted octanol–water partition coefficient (Wildman–Crippen LogP) is -3.57. The van der Waals surface area contributed by atoms with Crippen molar-refractivity contribution in [2.75, 3.05) is 46.3 Å². The molecular weight excluding hydrogens is 875 g/mol. The minimum absolute atomic E-state index is 0.115. The Kier molecular flexibility index (Phi) is 26.0. The molecule has 1 fully saturated rings. The molecule has 1 aliphatic rings. The van der Waals surface area contributed by atoms with Crippen molar-refractivity contribution < 1.29 is 53.1 Å². The van der Waals surface area contributed by atoms with Crippen LogP contribution < -0.4 is 54.0 Å². The van der Waals surface area contributed by atoms with Gasteiger partial charge in [-0.15, -0.1) is 0 Å². The van der Waals surface area contributed by atoms with Crippen LogP contribution in [0.2, 0.25) is 0 Å². The number of nitrogens with zero attached hydrogens (tertiary/aromatic N) is 3. The number of hydrogen-bond acceptors (Lipinski definition) is 12. The molecule has 0 unspecified atom stereocenters. The van der Waals surface area contributed by atoms with Crippen LogP contribution >= 0.6 is 0 Å². The SMILES string of the molecule is CCNC(=O)[C@@H]1CCCN1C(=O)[C@H](CCCN=C(N)N)NC(=O)[C@@H](NC(=O)CNC(=O)[C@@H](NC(=O)[C@H](NC(=O)[C@@H](NC(=O)CNC(=O)CN(C)C(C)=O)C(C)C)[C@@H](C)CC)[C@@H](C)O)[C@@H](C)CC. The van der Waals surface area contributed by atoms with Crippen molar-refractivity contribution in [1.82, 2.24) is 52.3 Å². The molecule has 0 aromatic heterocycles. The highest BCUT2D eigenvalue weighted by atomic mass is 16.3. The molecule has 0 spiro atoms. The van der Waals surface area contributed by atoms with Gasteiger partial charge < -0.3 is 68.9 Å². The van der Waals surface area contributed by atoms with Crippen molar-refractivity contribution in [2.45, 2.75) is 143 Å². The summed E-state index contributed by atoms with van der Waals surface area (Å²) in [5.74, 6) is -8.05. The standard InChI is InChI=1S/C43H77N13O11/c1-11-24(6)34(40(65)50-28(16-14-18-47-43(44)45)42(67)56-19-15-17-29(56)37(62)46-13-3)52-31(60)21-49-38(63)36(26(8)57)54-41(66)35(25(7)12-2)53-39(64)33(23(4)5)51-30(59)20-48-32(61)22-55(10)27(9)58/h23-26,28-29,33-36,57H,11-22H2,1-10H3,(H,46,62)(H,48,61)(H,49,63)(H,50,65)(H,51,59)(H,52,60)(H,53,64)(H,54,66)(H4,44,45,47)/t24-,25-,26+,28-,29-,33-,34-,35+,36-/m0/s1. The summed E-state index contributed by atoms with van der Waals surface area (Å²) < 4.78 is 0. The largest absolute Gasteiger partial charge is 0.391 e. The molecule has 67 heavy (non-hydrogen) atoms. The number of aliphatic hydroxyl groups excluding tert-OH is 1. The van der Waals surface area contributed by atoms with Gasteiger partial charge in [-0.05, 0) is 57.3 Å². The summed E-state index contributed by atoms with van der Waals surface area (Å²) in [6.45, 7) is 13.9. The number of nitrogens with one attached hydrogen (secondary N) is 8. The lowest BCUT2D eigenvalue weighted by Gasteiger charge is -2.31. The number of amides is 10. The number of aliphatic hydroxyl groups is 1. The Morgan fingerprint density at radius 1 is 0.701 bits per heavy atom. The maximum atomic E-state index is 13.9. The van der Waals surface area contributed by atoms with Crippen molar-refractivity contribution in [2.24, 2.45) is 34.2 Å². The quantitative estimate of drug-likeness (QED) is 0.0206. The van der Waals surface area contributed by atoms with E-state index in [1.807, 2.05) is 0 Å². The molecule has 9 atom stereocenters. The molecule has 0 saturated carbocycles. The Balaban J connectivity index is 3.12. The Bertz CT molecular complexity index is 1760. The summed E-state index contributed by atoms with van der Waals surface area (Å²) in [4.78, 5) is 138. The van der Waals surface area contributed by atoms with E-state index in [1.54, 1.807) is 48.5 Å². The van der Waals surface area contributed by atoms with E-state index >= 15 is 0 Å². The second kappa shape index (κ2) is 29.5. The molecule has 1 saturated heterocycles. The van der Waals surface area contributed by atoms with E-state index in [-0.39, 0.29) is 37.3 Å². The topological polar surface area (TPSA) is 358 Å². The predicted molar refractivity (Wildman–Crippen MR) is 248 cm³/mol. The molecule has 1 heterocycles. The van der Waals surface area contributed by atoms with Gasteiger partial charge in [0.2, 0.25) is 59.1 Å². The van der Waals surface area contributed by atoms with Crippen molar-refractivity contribution in [1.29, 1.82) is 0 Å². The number of likely N-dealkylation sites (tertiary alicyclic amines) is 1. The van der Waals surface area contributed by atoms with Crippen LogP contribution in [0.3, 0.4) is 0 Å². The van der Waals surface area contributed by atoms with Crippen LogP contribution in [0.15, 0.2) is 4.99 Å². The second-order valence-electron chi connectivity index (χ2n) is 17.3. The summed E-state index contributed by atoms with van der Waals surface area (Å²) in [5.41, 5.74) is 10.9. The average molecular weight is 952 g/mol. The lowest BCUT2D eigenvalue weighted by molar-refractivity contribution is -0.142. The molecule has 1 aliphatic heterocycles. The number of nitrogens with two attached hydrogens (primary N) is 2. The maximum absolute atomic E-state index is 13.9. The van der Waals surface area contributed by atoms with Crippen molar-refractivity contribution in [3.63, 3.8) is 0 Å². The Hall–Kier alpha value is -6.07. The van der Waals surface area contributed by atoms with Gasteiger partial charge in [0.15, 0.2) is 5.96 Å². The third-order valence-corrected chi connectivity index (χ3v) is 11.5.